The Kier molecular flexibility index (Phi) is 5.86. The molecule has 9 heteroatoms. The number of urea groups is 1. The Bertz CT molecular complexity index is 955. The summed E-state index contributed by atoms with van der Waals surface area (Å²) in [6, 6.07) is 11.8. The highest BCUT2D eigenvalue weighted by Gasteiger charge is 2.33. The van der Waals surface area contributed by atoms with Crippen molar-refractivity contribution in [3.63, 3.8) is 0 Å². The summed E-state index contributed by atoms with van der Waals surface area (Å²) in [5.41, 5.74) is 0.982. The molecule has 0 unspecified atom stereocenters. The lowest BCUT2D eigenvalue weighted by Gasteiger charge is -2.23. The van der Waals surface area contributed by atoms with Gasteiger partial charge in [0.2, 0.25) is 0 Å². The number of nitrogens with one attached hydrogen (secondary N) is 1. The van der Waals surface area contributed by atoms with Crippen molar-refractivity contribution >= 4 is 6.03 Å². The van der Waals surface area contributed by atoms with Crippen molar-refractivity contribution in [1.29, 1.82) is 0 Å². The standard InChI is InChI=1S/C20H20F3N5O/c1-14(15-7-9-17(10-8-15)28-13-24-12-25-28)26-19(29)27(2)11-16-5-3-4-6-18(16)20(21,22)23/h3-10,12-14H,11H2,1-2H3,(H,26,29)/t14-/m1/s1. The molecule has 0 aliphatic rings. The van der Waals surface area contributed by atoms with Gasteiger partial charge < -0.3 is 10.2 Å². The van der Waals surface area contributed by atoms with Crippen LogP contribution in [-0.4, -0.2) is 32.7 Å². The second-order valence-corrected chi connectivity index (χ2v) is 6.61. The molecule has 0 aliphatic carbocycles. The van der Waals surface area contributed by atoms with E-state index >= 15 is 0 Å². The Hall–Kier alpha value is -3.36. The van der Waals surface area contributed by atoms with Gasteiger partial charge in [-0.2, -0.15) is 18.3 Å². The van der Waals surface area contributed by atoms with Crippen molar-refractivity contribution in [3.05, 3.63) is 77.9 Å². The Morgan fingerprint density at radius 1 is 1.17 bits per heavy atom. The van der Waals surface area contributed by atoms with Crippen LogP contribution in [-0.2, 0) is 12.7 Å². The number of rotatable bonds is 5. The van der Waals surface area contributed by atoms with Crippen LogP contribution in [0.15, 0.2) is 61.2 Å². The molecule has 6 nitrogen and oxygen atoms in total. The van der Waals surface area contributed by atoms with Gasteiger partial charge in [-0.15, -0.1) is 0 Å². The highest BCUT2D eigenvalue weighted by Crippen LogP contribution is 2.32. The van der Waals surface area contributed by atoms with Crippen molar-refractivity contribution in [2.24, 2.45) is 0 Å². The van der Waals surface area contributed by atoms with Crippen molar-refractivity contribution in [3.8, 4) is 5.69 Å². The lowest BCUT2D eigenvalue weighted by Crippen LogP contribution is -2.38. The predicted octanol–water partition coefficient (Wildman–Crippen LogP) is 4.19. The maximum absolute atomic E-state index is 13.1. The first-order valence-corrected chi connectivity index (χ1v) is 8.87. The number of nitrogens with zero attached hydrogens (tertiary/aromatic N) is 4. The maximum Gasteiger partial charge on any atom is 0.416 e. The number of aromatic nitrogens is 3. The third-order valence-corrected chi connectivity index (χ3v) is 4.49. The fourth-order valence-corrected chi connectivity index (χ4v) is 2.90. The number of hydrogen-bond acceptors (Lipinski definition) is 3. The topological polar surface area (TPSA) is 63.1 Å². The van der Waals surface area contributed by atoms with Crippen molar-refractivity contribution in [1.82, 2.24) is 25.0 Å². The molecule has 0 radical (unpaired) electrons. The molecule has 3 rings (SSSR count). The van der Waals surface area contributed by atoms with Gasteiger partial charge in [0, 0.05) is 13.6 Å². The number of halogens is 3. The first-order valence-electron chi connectivity index (χ1n) is 8.87. The van der Waals surface area contributed by atoms with Crippen LogP contribution in [0.5, 0.6) is 0 Å². The predicted molar refractivity (Wildman–Crippen MR) is 101 cm³/mol. The molecular formula is C20H20F3N5O. The van der Waals surface area contributed by atoms with Gasteiger partial charge in [0.05, 0.1) is 17.3 Å². The molecule has 0 bridgehead atoms. The zero-order chi connectivity index (χ0) is 21.0. The number of benzene rings is 2. The van der Waals surface area contributed by atoms with Crippen molar-refractivity contribution in [2.45, 2.75) is 25.7 Å². The monoisotopic (exact) mass is 403 g/mol. The van der Waals surface area contributed by atoms with E-state index in [1.807, 2.05) is 24.3 Å². The summed E-state index contributed by atoms with van der Waals surface area (Å²) in [7, 11) is 1.46. The quantitative estimate of drug-likeness (QED) is 0.695. The summed E-state index contributed by atoms with van der Waals surface area (Å²) in [6.45, 7) is 1.65. The van der Waals surface area contributed by atoms with Gasteiger partial charge in [-0.1, -0.05) is 30.3 Å². The van der Waals surface area contributed by atoms with Gasteiger partial charge in [-0.25, -0.2) is 14.5 Å². The van der Waals surface area contributed by atoms with Gasteiger partial charge in [0.15, 0.2) is 0 Å². The molecule has 152 valence electrons. The molecular weight excluding hydrogens is 383 g/mol. The van der Waals surface area contributed by atoms with Crippen LogP contribution in [0, 0.1) is 0 Å². The first kappa shape index (κ1) is 20.4. The molecule has 1 aromatic heterocycles. The van der Waals surface area contributed by atoms with E-state index in [0.717, 1.165) is 17.3 Å². The van der Waals surface area contributed by atoms with E-state index in [2.05, 4.69) is 15.4 Å². The third-order valence-electron chi connectivity index (χ3n) is 4.49. The number of carbonyl (C=O) groups excluding carboxylic acids is 1. The second kappa shape index (κ2) is 8.34. The summed E-state index contributed by atoms with van der Waals surface area (Å²) in [5, 5.41) is 6.85. The van der Waals surface area contributed by atoms with Gasteiger partial charge in [0.25, 0.3) is 0 Å². The van der Waals surface area contributed by atoms with Crippen LogP contribution >= 0.6 is 0 Å². The van der Waals surface area contributed by atoms with Crippen molar-refractivity contribution in [2.75, 3.05) is 7.05 Å². The van der Waals surface area contributed by atoms with Gasteiger partial charge >= 0.3 is 12.2 Å². The van der Waals surface area contributed by atoms with E-state index in [-0.39, 0.29) is 18.2 Å². The molecule has 2 amide bonds. The molecule has 2 aromatic carbocycles. The molecule has 0 aliphatic heterocycles. The summed E-state index contributed by atoms with van der Waals surface area (Å²) in [5.74, 6) is 0. The second-order valence-electron chi connectivity index (χ2n) is 6.61. The zero-order valence-corrected chi connectivity index (χ0v) is 15.9. The van der Waals surface area contributed by atoms with E-state index in [1.165, 1.54) is 36.5 Å². The molecule has 3 aromatic rings. The van der Waals surface area contributed by atoms with Crippen molar-refractivity contribution < 1.29 is 18.0 Å². The van der Waals surface area contributed by atoms with Gasteiger partial charge in [0.1, 0.15) is 12.7 Å². The summed E-state index contributed by atoms with van der Waals surface area (Å²) >= 11 is 0. The molecule has 1 heterocycles. The lowest BCUT2D eigenvalue weighted by molar-refractivity contribution is -0.138. The number of carbonyl (C=O) groups is 1. The minimum Gasteiger partial charge on any atom is -0.331 e. The fraction of sp³-hybridized carbons (Fsp3) is 0.250. The highest BCUT2D eigenvalue weighted by atomic mass is 19.4. The first-order chi connectivity index (χ1) is 13.8. The Balaban J connectivity index is 1.64. The fourth-order valence-electron chi connectivity index (χ4n) is 2.90. The average molecular weight is 403 g/mol. The summed E-state index contributed by atoms with van der Waals surface area (Å²) < 4.78 is 41.0. The lowest BCUT2D eigenvalue weighted by atomic mass is 10.1. The molecule has 29 heavy (non-hydrogen) atoms. The molecule has 1 atom stereocenters. The maximum atomic E-state index is 13.1. The van der Waals surface area contributed by atoms with Crippen LogP contribution in [0.2, 0.25) is 0 Å². The molecule has 0 saturated carbocycles. The highest BCUT2D eigenvalue weighted by molar-refractivity contribution is 5.74. The molecule has 0 spiro atoms. The van der Waals surface area contributed by atoms with Gasteiger partial charge in [-0.05, 0) is 36.2 Å². The SMILES string of the molecule is C[C@@H](NC(=O)N(C)Cc1ccccc1C(F)(F)F)c1ccc(-n2cncn2)cc1. The molecule has 0 saturated heterocycles. The molecule has 0 fully saturated rings. The van der Waals surface area contributed by atoms with Crippen LogP contribution in [0.4, 0.5) is 18.0 Å². The minimum absolute atomic E-state index is 0.0440. The van der Waals surface area contributed by atoms with E-state index < -0.39 is 17.8 Å². The largest absolute Gasteiger partial charge is 0.416 e. The number of alkyl halides is 3. The number of amides is 2. The average Bonchev–Trinajstić information content (AvgIpc) is 3.22. The van der Waals surface area contributed by atoms with Crippen LogP contribution in [0.3, 0.4) is 0 Å². The van der Waals surface area contributed by atoms with E-state index in [9.17, 15) is 18.0 Å². The van der Waals surface area contributed by atoms with Crippen LogP contribution in [0.25, 0.3) is 5.69 Å². The normalized spacial score (nSPS) is 12.4. The summed E-state index contributed by atoms with van der Waals surface area (Å²) in [6.07, 6.45) is -1.45. The smallest absolute Gasteiger partial charge is 0.331 e. The Labute approximate surface area is 166 Å². The summed E-state index contributed by atoms with van der Waals surface area (Å²) in [4.78, 5) is 17.6. The Morgan fingerprint density at radius 3 is 2.48 bits per heavy atom. The Morgan fingerprint density at radius 2 is 1.86 bits per heavy atom. The number of hydrogen-bond donors (Lipinski definition) is 1. The van der Waals surface area contributed by atoms with Gasteiger partial charge in [-0.3, -0.25) is 0 Å². The van der Waals surface area contributed by atoms with Crippen LogP contribution in [0.1, 0.15) is 29.7 Å². The van der Waals surface area contributed by atoms with E-state index in [1.54, 1.807) is 17.9 Å². The van der Waals surface area contributed by atoms with Crippen LogP contribution < -0.4 is 5.32 Å². The minimum atomic E-state index is -4.47. The molecule has 1 N–H and O–H groups in total. The third kappa shape index (κ3) is 4.92. The zero-order valence-electron chi connectivity index (χ0n) is 15.9. The van der Waals surface area contributed by atoms with E-state index in [0.29, 0.717) is 0 Å². The van der Waals surface area contributed by atoms with E-state index in [4.69, 9.17) is 0 Å².